The van der Waals surface area contributed by atoms with Crippen molar-refractivity contribution in [1.29, 1.82) is 0 Å². The van der Waals surface area contributed by atoms with E-state index < -0.39 is 0 Å². The lowest BCUT2D eigenvalue weighted by Gasteiger charge is -2.08. The van der Waals surface area contributed by atoms with Gasteiger partial charge in [0.25, 0.3) is 5.91 Å². The molecule has 2 rings (SSSR count). The van der Waals surface area contributed by atoms with Crippen LogP contribution in [0.2, 0.25) is 10.0 Å². The SMILES string of the molecule is O=C(Nc1ccccc1I)c1cc(Cl)ccc1Cl. The van der Waals surface area contributed by atoms with E-state index in [9.17, 15) is 4.79 Å². The summed E-state index contributed by atoms with van der Waals surface area (Å²) in [5, 5.41) is 3.66. The topological polar surface area (TPSA) is 29.1 Å². The minimum absolute atomic E-state index is 0.272. The first-order valence-corrected chi connectivity index (χ1v) is 6.92. The average molecular weight is 392 g/mol. The first-order valence-electron chi connectivity index (χ1n) is 5.09. The molecular formula is C13H8Cl2INO. The third kappa shape index (κ3) is 3.16. The van der Waals surface area contributed by atoms with E-state index in [1.807, 2.05) is 24.3 Å². The van der Waals surface area contributed by atoms with Crippen molar-refractivity contribution in [3.63, 3.8) is 0 Å². The molecular weight excluding hydrogens is 384 g/mol. The molecule has 2 nitrogen and oxygen atoms in total. The molecule has 0 fully saturated rings. The number of carbonyl (C=O) groups is 1. The second kappa shape index (κ2) is 5.91. The molecule has 2 aromatic carbocycles. The fourth-order valence-electron chi connectivity index (χ4n) is 1.42. The summed E-state index contributed by atoms with van der Waals surface area (Å²) >= 11 is 14.0. The predicted molar refractivity (Wildman–Crippen MR) is 83.6 cm³/mol. The van der Waals surface area contributed by atoms with Crippen molar-refractivity contribution < 1.29 is 4.79 Å². The lowest BCUT2D eigenvalue weighted by molar-refractivity contribution is 0.102. The summed E-state index contributed by atoms with van der Waals surface area (Å²) in [5.41, 5.74) is 1.11. The van der Waals surface area contributed by atoms with Gasteiger partial charge in [0.05, 0.1) is 16.3 Å². The molecule has 2 aromatic rings. The van der Waals surface area contributed by atoms with Crippen LogP contribution in [0.1, 0.15) is 10.4 Å². The van der Waals surface area contributed by atoms with Gasteiger partial charge >= 0.3 is 0 Å². The van der Waals surface area contributed by atoms with Gasteiger partial charge in [-0.3, -0.25) is 4.79 Å². The zero-order valence-corrected chi connectivity index (χ0v) is 12.8. The number of rotatable bonds is 2. The highest BCUT2D eigenvalue weighted by Gasteiger charge is 2.12. The van der Waals surface area contributed by atoms with E-state index in [0.29, 0.717) is 15.6 Å². The molecule has 5 heteroatoms. The van der Waals surface area contributed by atoms with Crippen LogP contribution in [-0.4, -0.2) is 5.91 Å². The second-order valence-corrected chi connectivity index (χ2v) is 5.56. The summed E-state index contributed by atoms with van der Waals surface area (Å²) in [6.45, 7) is 0. The quantitative estimate of drug-likeness (QED) is 0.728. The van der Waals surface area contributed by atoms with Gasteiger partial charge in [0.15, 0.2) is 0 Å². The molecule has 1 amide bonds. The first kappa shape index (κ1) is 13.6. The number of carbonyl (C=O) groups excluding carboxylic acids is 1. The molecule has 18 heavy (non-hydrogen) atoms. The van der Waals surface area contributed by atoms with E-state index in [0.717, 1.165) is 9.26 Å². The van der Waals surface area contributed by atoms with Crippen LogP contribution in [0.5, 0.6) is 0 Å². The van der Waals surface area contributed by atoms with Crippen LogP contribution in [0.3, 0.4) is 0 Å². The summed E-state index contributed by atoms with van der Waals surface area (Å²) in [7, 11) is 0. The third-order valence-corrected chi connectivity index (χ3v) is 3.80. The molecule has 0 bridgehead atoms. The van der Waals surface area contributed by atoms with Crippen molar-refractivity contribution in [3.05, 3.63) is 61.6 Å². The lowest BCUT2D eigenvalue weighted by atomic mass is 10.2. The molecule has 0 radical (unpaired) electrons. The van der Waals surface area contributed by atoms with Crippen molar-refractivity contribution in [2.75, 3.05) is 5.32 Å². The van der Waals surface area contributed by atoms with E-state index in [2.05, 4.69) is 27.9 Å². The van der Waals surface area contributed by atoms with Crippen molar-refractivity contribution in [3.8, 4) is 0 Å². The number of hydrogen-bond donors (Lipinski definition) is 1. The Morgan fingerprint density at radius 1 is 1.11 bits per heavy atom. The molecule has 0 heterocycles. The molecule has 0 aliphatic rings. The number of benzene rings is 2. The number of anilines is 1. The van der Waals surface area contributed by atoms with Gasteiger partial charge < -0.3 is 5.32 Å². The Bertz CT molecular complexity index is 601. The van der Waals surface area contributed by atoms with Crippen molar-refractivity contribution in [2.45, 2.75) is 0 Å². The van der Waals surface area contributed by atoms with Crippen molar-refractivity contribution in [2.24, 2.45) is 0 Å². The molecule has 1 N–H and O–H groups in total. The summed E-state index contributed by atoms with van der Waals surface area (Å²) < 4.78 is 0.960. The van der Waals surface area contributed by atoms with Crippen LogP contribution in [0.4, 0.5) is 5.69 Å². The Hall–Kier alpha value is -0.780. The Kier molecular flexibility index (Phi) is 4.48. The Morgan fingerprint density at radius 3 is 2.56 bits per heavy atom. The van der Waals surface area contributed by atoms with Gasteiger partial charge in [-0.05, 0) is 52.9 Å². The molecule has 0 atom stereocenters. The molecule has 0 unspecified atom stereocenters. The van der Waals surface area contributed by atoms with E-state index >= 15 is 0 Å². The molecule has 0 saturated carbocycles. The van der Waals surface area contributed by atoms with Gasteiger partial charge in [-0.2, -0.15) is 0 Å². The van der Waals surface area contributed by atoms with E-state index in [4.69, 9.17) is 23.2 Å². The lowest BCUT2D eigenvalue weighted by Crippen LogP contribution is -2.13. The number of halogens is 3. The fraction of sp³-hybridized carbons (Fsp3) is 0. The second-order valence-electron chi connectivity index (χ2n) is 3.56. The van der Waals surface area contributed by atoms with Gasteiger partial charge in [0.1, 0.15) is 0 Å². The number of hydrogen-bond acceptors (Lipinski definition) is 1. The van der Waals surface area contributed by atoms with Crippen molar-refractivity contribution >= 4 is 57.4 Å². The molecule has 92 valence electrons. The monoisotopic (exact) mass is 391 g/mol. The minimum atomic E-state index is -0.272. The Labute approximate surface area is 128 Å². The van der Waals surface area contributed by atoms with E-state index in [1.165, 1.54) is 0 Å². The summed E-state index contributed by atoms with van der Waals surface area (Å²) in [4.78, 5) is 12.1. The first-order chi connectivity index (χ1) is 8.58. The maximum Gasteiger partial charge on any atom is 0.257 e. The molecule has 0 aliphatic heterocycles. The smallest absolute Gasteiger partial charge is 0.257 e. The van der Waals surface area contributed by atoms with Gasteiger partial charge in [-0.1, -0.05) is 35.3 Å². The number of para-hydroxylation sites is 1. The van der Waals surface area contributed by atoms with Crippen molar-refractivity contribution in [1.82, 2.24) is 0 Å². The average Bonchev–Trinajstić information content (AvgIpc) is 2.35. The van der Waals surface area contributed by atoms with Crippen LogP contribution in [0, 0.1) is 3.57 Å². The standard InChI is InChI=1S/C13H8Cl2INO/c14-8-5-6-10(15)9(7-8)13(18)17-12-4-2-1-3-11(12)16/h1-7H,(H,17,18). The van der Waals surface area contributed by atoms with E-state index in [1.54, 1.807) is 18.2 Å². The molecule has 0 aliphatic carbocycles. The maximum atomic E-state index is 12.1. The summed E-state index contributed by atoms with van der Waals surface area (Å²) in [6, 6.07) is 12.3. The summed E-state index contributed by atoms with van der Waals surface area (Å²) in [6.07, 6.45) is 0. The Morgan fingerprint density at radius 2 is 1.83 bits per heavy atom. The van der Waals surface area contributed by atoms with Gasteiger partial charge in [-0.25, -0.2) is 0 Å². The van der Waals surface area contributed by atoms with Crippen LogP contribution in [0.25, 0.3) is 0 Å². The van der Waals surface area contributed by atoms with Crippen LogP contribution < -0.4 is 5.32 Å². The number of nitrogens with one attached hydrogen (secondary N) is 1. The molecule has 0 saturated heterocycles. The van der Waals surface area contributed by atoms with Gasteiger partial charge in [0, 0.05) is 8.59 Å². The zero-order valence-electron chi connectivity index (χ0n) is 9.08. The molecule has 0 spiro atoms. The predicted octanol–water partition coefficient (Wildman–Crippen LogP) is 4.85. The highest BCUT2D eigenvalue weighted by Crippen LogP contribution is 2.23. The van der Waals surface area contributed by atoms with Crippen LogP contribution in [-0.2, 0) is 0 Å². The zero-order chi connectivity index (χ0) is 13.1. The molecule has 0 aromatic heterocycles. The highest BCUT2D eigenvalue weighted by molar-refractivity contribution is 14.1. The Balaban J connectivity index is 2.28. The van der Waals surface area contributed by atoms with Crippen LogP contribution >= 0.6 is 45.8 Å². The van der Waals surface area contributed by atoms with Crippen LogP contribution in [0.15, 0.2) is 42.5 Å². The maximum absolute atomic E-state index is 12.1. The summed E-state index contributed by atoms with van der Waals surface area (Å²) in [5.74, 6) is -0.272. The van der Waals surface area contributed by atoms with Gasteiger partial charge in [-0.15, -0.1) is 0 Å². The normalized spacial score (nSPS) is 10.2. The highest BCUT2D eigenvalue weighted by atomic mass is 127. The fourth-order valence-corrected chi connectivity index (χ4v) is 2.32. The largest absolute Gasteiger partial charge is 0.321 e. The minimum Gasteiger partial charge on any atom is -0.321 e. The van der Waals surface area contributed by atoms with E-state index in [-0.39, 0.29) is 5.91 Å². The third-order valence-electron chi connectivity index (χ3n) is 2.30. The number of amides is 1. The van der Waals surface area contributed by atoms with Gasteiger partial charge in [0.2, 0.25) is 0 Å².